The van der Waals surface area contributed by atoms with Crippen LogP contribution >= 0.6 is 0 Å². The fourth-order valence-corrected chi connectivity index (χ4v) is 1.66. The third kappa shape index (κ3) is 2.43. The average molecular weight is 318 g/mol. The predicted octanol–water partition coefficient (Wildman–Crippen LogP) is 0.0341. The largest absolute Gasteiger partial charge is 0.348 e. The molecule has 4 aromatic rings. The third-order valence-electron chi connectivity index (χ3n) is 2.63. The van der Waals surface area contributed by atoms with E-state index in [0.29, 0.717) is 23.0 Å². The van der Waals surface area contributed by atoms with Crippen molar-refractivity contribution in [1.82, 2.24) is 40.9 Å². The Balaban J connectivity index is 1.44. The first-order valence-electron chi connectivity index (χ1n) is 6.08. The minimum absolute atomic E-state index is 0.193. The van der Waals surface area contributed by atoms with Crippen LogP contribution in [0.15, 0.2) is 31.1 Å². The molecule has 14 heteroatoms. The molecule has 0 fully saturated rings. The smallest absolute Gasteiger partial charge is 0.228 e. The van der Waals surface area contributed by atoms with Gasteiger partial charge in [-0.05, 0) is 20.6 Å². The first kappa shape index (κ1) is 12.9. The van der Waals surface area contributed by atoms with Gasteiger partial charge in [0.1, 0.15) is 0 Å². The lowest BCUT2D eigenvalue weighted by Crippen LogP contribution is -2.13. The van der Waals surface area contributed by atoms with E-state index in [4.69, 9.17) is 0 Å². The van der Waals surface area contributed by atoms with E-state index in [9.17, 15) is 0 Å². The van der Waals surface area contributed by atoms with Crippen LogP contribution in [-0.2, 0) is 0 Å². The Morgan fingerprint density at radius 3 is 1.65 bits per heavy atom. The van der Waals surface area contributed by atoms with Crippen molar-refractivity contribution in [3.8, 4) is 23.0 Å². The Labute approximate surface area is 125 Å². The van der Waals surface area contributed by atoms with Crippen molar-refractivity contribution in [2.24, 2.45) is 0 Å². The van der Waals surface area contributed by atoms with Gasteiger partial charge in [0.25, 0.3) is 0 Å². The van der Waals surface area contributed by atoms with Crippen molar-refractivity contribution in [2.75, 3.05) is 17.3 Å². The molecule has 0 saturated carbocycles. The van der Waals surface area contributed by atoms with Crippen LogP contribution in [0.1, 0.15) is 0 Å². The fourth-order valence-electron chi connectivity index (χ4n) is 1.66. The van der Waals surface area contributed by atoms with Gasteiger partial charge in [-0.1, -0.05) is 10.3 Å². The van der Waals surface area contributed by atoms with Gasteiger partial charge in [-0.3, -0.25) is 0 Å². The number of hydrogen-bond acceptors (Lipinski definition) is 14. The zero-order chi connectivity index (χ0) is 15.5. The van der Waals surface area contributed by atoms with Gasteiger partial charge in [0.2, 0.25) is 36.1 Å². The highest BCUT2D eigenvalue weighted by molar-refractivity contribution is 5.66. The molecule has 0 amide bonds. The molecule has 4 aromatic heterocycles. The van der Waals surface area contributed by atoms with Crippen LogP contribution in [0.3, 0.4) is 0 Å². The third-order valence-corrected chi connectivity index (χ3v) is 2.63. The van der Waals surface area contributed by atoms with Crippen LogP contribution in [0.4, 0.5) is 11.6 Å². The van der Waals surface area contributed by atoms with Crippen molar-refractivity contribution in [1.29, 1.82) is 0 Å². The summed E-state index contributed by atoms with van der Waals surface area (Å²) in [6.07, 6.45) is 2.34. The molecule has 116 valence electrons. The summed E-state index contributed by atoms with van der Waals surface area (Å²) in [5, 5.41) is 27.9. The molecule has 0 aliphatic heterocycles. The summed E-state index contributed by atoms with van der Waals surface area (Å²) >= 11 is 0. The van der Waals surface area contributed by atoms with E-state index in [2.05, 4.69) is 69.8 Å². The molecule has 23 heavy (non-hydrogen) atoms. The van der Waals surface area contributed by atoms with Gasteiger partial charge >= 0.3 is 0 Å². The van der Waals surface area contributed by atoms with Crippen LogP contribution in [-0.4, -0.2) is 47.6 Å². The maximum Gasteiger partial charge on any atom is 0.228 e. The molecule has 0 radical (unpaired) electrons. The van der Waals surface area contributed by atoms with E-state index in [1.165, 1.54) is 12.8 Å². The zero-order valence-corrected chi connectivity index (χ0v) is 11.1. The number of nitrogens with one attached hydrogen (secondary N) is 2. The Bertz CT molecular complexity index is 794. The second-order valence-electron chi connectivity index (χ2n) is 3.96. The molecule has 0 aliphatic carbocycles. The minimum atomic E-state index is 0.193. The molecule has 2 N–H and O–H groups in total. The van der Waals surface area contributed by atoms with Gasteiger partial charge in [-0.2, -0.15) is 9.97 Å². The Kier molecular flexibility index (Phi) is 3.08. The van der Waals surface area contributed by atoms with Crippen molar-refractivity contribution >= 4 is 11.6 Å². The molecular weight excluding hydrogens is 312 g/mol. The van der Waals surface area contributed by atoms with Crippen molar-refractivity contribution < 1.29 is 18.3 Å². The maximum atomic E-state index is 4.65. The minimum Gasteiger partial charge on any atom is -0.348 e. The quantitative estimate of drug-likeness (QED) is 0.454. The highest BCUT2D eigenvalue weighted by atomic mass is 16.6. The standard InChI is InChI=1S/C9H6N10O4/c1(10-6-4(14-22-18-6)8-12-2-20-16-8)11-7-5(15-23-19-7)9-13-3-21-17-9/h2-3H,1H2,(H,10,18)(H,11,19). The SMILES string of the molecule is c1nc(-c2nonc2NCNc2nonc2-c2ncon2)no1. The lowest BCUT2D eigenvalue weighted by Gasteiger charge is -2.03. The summed E-state index contributed by atoms with van der Waals surface area (Å²) in [4.78, 5) is 7.72. The zero-order valence-electron chi connectivity index (χ0n) is 11.1. The molecule has 0 aromatic carbocycles. The first-order valence-corrected chi connectivity index (χ1v) is 6.08. The summed E-state index contributed by atoms with van der Waals surface area (Å²) in [6.45, 7) is 0.193. The highest BCUT2D eigenvalue weighted by Crippen LogP contribution is 2.22. The van der Waals surface area contributed by atoms with Gasteiger partial charge in [-0.25, -0.2) is 9.26 Å². The Morgan fingerprint density at radius 1 is 0.696 bits per heavy atom. The van der Waals surface area contributed by atoms with Crippen LogP contribution in [0.25, 0.3) is 23.0 Å². The van der Waals surface area contributed by atoms with Crippen LogP contribution in [0, 0.1) is 0 Å². The van der Waals surface area contributed by atoms with Crippen molar-refractivity contribution in [3.63, 3.8) is 0 Å². The monoisotopic (exact) mass is 318 g/mol. The van der Waals surface area contributed by atoms with E-state index < -0.39 is 0 Å². The van der Waals surface area contributed by atoms with Crippen LogP contribution in [0.5, 0.6) is 0 Å². The predicted molar refractivity (Wildman–Crippen MR) is 67.3 cm³/mol. The number of aromatic nitrogens is 8. The maximum absolute atomic E-state index is 4.65. The first-order chi connectivity index (χ1) is 11.4. The summed E-state index contributed by atoms with van der Waals surface area (Å²) in [7, 11) is 0. The molecule has 0 atom stereocenters. The van der Waals surface area contributed by atoms with Crippen molar-refractivity contribution in [2.45, 2.75) is 0 Å². The summed E-state index contributed by atoms with van der Waals surface area (Å²) < 4.78 is 18.6. The highest BCUT2D eigenvalue weighted by Gasteiger charge is 2.18. The van der Waals surface area contributed by atoms with Gasteiger partial charge in [0, 0.05) is 0 Å². The number of anilines is 2. The number of hydrogen-bond donors (Lipinski definition) is 2. The molecule has 14 nitrogen and oxygen atoms in total. The lowest BCUT2D eigenvalue weighted by molar-refractivity contribution is 0.309. The molecule has 0 unspecified atom stereocenters. The molecule has 0 spiro atoms. The van der Waals surface area contributed by atoms with Crippen LogP contribution < -0.4 is 10.6 Å². The molecule has 4 heterocycles. The van der Waals surface area contributed by atoms with E-state index in [1.54, 1.807) is 0 Å². The van der Waals surface area contributed by atoms with E-state index in [1.807, 2.05) is 0 Å². The second-order valence-corrected chi connectivity index (χ2v) is 3.96. The Hall–Kier alpha value is -3.84. The summed E-state index contributed by atoms with van der Waals surface area (Å²) in [5.74, 6) is 1.11. The topological polar surface area (TPSA) is 180 Å². The molecule has 4 rings (SSSR count). The van der Waals surface area contributed by atoms with E-state index in [-0.39, 0.29) is 18.3 Å². The van der Waals surface area contributed by atoms with E-state index in [0.717, 1.165) is 0 Å². The number of nitrogens with zero attached hydrogens (tertiary/aromatic N) is 8. The van der Waals surface area contributed by atoms with Crippen LogP contribution in [0.2, 0.25) is 0 Å². The van der Waals surface area contributed by atoms with Crippen molar-refractivity contribution in [3.05, 3.63) is 12.8 Å². The van der Waals surface area contributed by atoms with Gasteiger partial charge < -0.3 is 19.7 Å². The molecular formula is C9H6N10O4. The fraction of sp³-hybridized carbons (Fsp3) is 0.111. The molecule has 0 aliphatic rings. The summed E-state index contributed by atoms with van der Waals surface area (Å²) in [6, 6.07) is 0. The lowest BCUT2D eigenvalue weighted by atomic mass is 10.4. The van der Waals surface area contributed by atoms with Gasteiger partial charge in [0.05, 0.1) is 6.67 Å². The van der Waals surface area contributed by atoms with Gasteiger partial charge in [-0.15, -0.1) is 0 Å². The molecule has 0 bridgehead atoms. The molecule has 0 saturated heterocycles. The van der Waals surface area contributed by atoms with Gasteiger partial charge in [0.15, 0.2) is 11.4 Å². The van der Waals surface area contributed by atoms with E-state index >= 15 is 0 Å². The Morgan fingerprint density at radius 2 is 1.22 bits per heavy atom. The normalized spacial score (nSPS) is 10.8. The number of rotatable bonds is 6. The second kappa shape index (κ2) is 5.51. The average Bonchev–Trinajstić information content (AvgIpc) is 3.34. The summed E-state index contributed by atoms with van der Waals surface area (Å²) in [5.41, 5.74) is 0.606.